The molecular formula is C16H17NS. The predicted molar refractivity (Wildman–Crippen MR) is 75.4 cm³/mol. The van der Waals surface area contributed by atoms with Crippen LogP contribution in [0, 0.1) is 0 Å². The van der Waals surface area contributed by atoms with Gasteiger partial charge in [0.15, 0.2) is 0 Å². The fraction of sp³-hybridized carbons (Fsp3) is 0.438. The monoisotopic (exact) mass is 255 g/mol. The van der Waals surface area contributed by atoms with Crippen molar-refractivity contribution in [2.24, 2.45) is 0 Å². The van der Waals surface area contributed by atoms with Crippen LogP contribution < -0.4 is 0 Å². The molecule has 1 nitrogen and oxygen atoms in total. The van der Waals surface area contributed by atoms with Gasteiger partial charge in [0, 0.05) is 10.8 Å². The number of nitrogens with zero attached hydrogens (tertiary/aromatic N) is 1. The van der Waals surface area contributed by atoms with E-state index in [4.69, 9.17) is 4.98 Å². The summed E-state index contributed by atoms with van der Waals surface area (Å²) in [4.78, 5) is 6.52. The minimum atomic E-state index is 0.580. The van der Waals surface area contributed by atoms with Crippen LogP contribution in [0.2, 0.25) is 0 Å². The van der Waals surface area contributed by atoms with Gasteiger partial charge in [-0.25, -0.2) is 4.98 Å². The lowest BCUT2D eigenvalue weighted by Crippen LogP contribution is -2.00. The van der Waals surface area contributed by atoms with Gasteiger partial charge >= 0.3 is 0 Å². The van der Waals surface area contributed by atoms with Crippen molar-refractivity contribution in [3.05, 3.63) is 51.0 Å². The minimum absolute atomic E-state index is 0.580. The second-order valence-corrected chi connectivity index (χ2v) is 6.53. The molecule has 18 heavy (non-hydrogen) atoms. The topological polar surface area (TPSA) is 12.9 Å². The molecule has 92 valence electrons. The van der Waals surface area contributed by atoms with Crippen LogP contribution in [0.4, 0.5) is 0 Å². The molecule has 4 rings (SSSR count). The van der Waals surface area contributed by atoms with Gasteiger partial charge in [0.1, 0.15) is 5.01 Å². The molecule has 2 heteroatoms. The number of fused-ring (bicyclic) bond motifs is 2. The van der Waals surface area contributed by atoms with E-state index < -0.39 is 0 Å². The average Bonchev–Trinajstić information content (AvgIpc) is 3.02. The Kier molecular flexibility index (Phi) is 2.51. The van der Waals surface area contributed by atoms with Crippen LogP contribution in [-0.4, -0.2) is 4.98 Å². The molecule has 0 bridgehead atoms. The molecule has 0 saturated heterocycles. The van der Waals surface area contributed by atoms with Gasteiger partial charge in [-0.15, -0.1) is 11.3 Å². The smallest absolute Gasteiger partial charge is 0.101 e. The second-order valence-electron chi connectivity index (χ2n) is 5.42. The first-order valence-corrected chi connectivity index (χ1v) is 7.80. The van der Waals surface area contributed by atoms with Crippen molar-refractivity contribution in [1.82, 2.24) is 4.98 Å². The molecule has 0 saturated carbocycles. The number of thiazole rings is 1. The molecular weight excluding hydrogens is 238 g/mol. The van der Waals surface area contributed by atoms with Crippen molar-refractivity contribution < 1.29 is 0 Å². The Hall–Kier alpha value is -1.15. The van der Waals surface area contributed by atoms with Crippen LogP contribution in [0.1, 0.15) is 51.9 Å². The molecule has 0 spiro atoms. The van der Waals surface area contributed by atoms with Crippen LogP contribution in [0.5, 0.6) is 0 Å². The lowest BCUT2D eigenvalue weighted by Gasteiger charge is -2.07. The molecule has 2 aliphatic carbocycles. The third-order valence-electron chi connectivity index (χ3n) is 4.29. The zero-order valence-corrected chi connectivity index (χ0v) is 11.3. The molecule has 0 radical (unpaired) electrons. The number of benzene rings is 1. The van der Waals surface area contributed by atoms with Crippen LogP contribution in [0.15, 0.2) is 24.3 Å². The Morgan fingerprint density at radius 2 is 1.94 bits per heavy atom. The minimum Gasteiger partial charge on any atom is -0.245 e. The van der Waals surface area contributed by atoms with E-state index >= 15 is 0 Å². The maximum absolute atomic E-state index is 4.95. The van der Waals surface area contributed by atoms with E-state index in [0.717, 1.165) is 0 Å². The Morgan fingerprint density at radius 3 is 2.89 bits per heavy atom. The van der Waals surface area contributed by atoms with Crippen molar-refractivity contribution in [3.8, 4) is 0 Å². The molecule has 1 aromatic heterocycles. The normalized spacial score (nSPS) is 21.7. The molecule has 2 aromatic rings. The predicted octanol–water partition coefficient (Wildman–Crippen LogP) is 4.10. The Morgan fingerprint density at radius 1 is 1.06 bits per heavy atom. The standard InChI is InChI=1S/C16H17NS/c1-2-6-12-11(5-1)9-10-13(12)16-17-14-7-3-4-8-15(14)18-16/h1-2,5-6,13H,3-4,7-10H2. The maximum atomic E-state index is 4.95. The largest absolute Gasteiger partial charge is 0.245 e. The van der Waals surface area contributed by atoms with Gasteiger partial charge in [0.25, 0.3) is 0 Å². The fourth-order valence-electron chi connectivity index (χ4n) is 3.33. The zero-order valence-electron chi connectivity index (χ0n) is 10.5. The highest BCUT2D eigenvalue weighted by molar-refractivity contribution is 7.11. The van der Waals surface area contributed by atoms with Gasteiger partial charge in [0.05, 0.1) is 5.69 Å². The summed E-state index contributed by atoms with van der Waals surface area (Å²) in [7, 11) is 0. The van der Waals surface area contributed by atoms with E-state index in [2.05, 4.69) is 24.3 Å². The summed E-state index contributed by atoms with van der Waals surface area (Å²) >= 11 is 1.99. The third-order valence-corrected chi connectivity index (χ3v) is 5.56. The Balaban J connectivity index is 1.74. The molecule has 1 heterocycles. The molecule has 1 unspecified atom stereocenters. The van der Waals surface area contributed by atoms with Crippen molar-refractivity contribution in [1.29, 1.82) is 0 Å². The third kappa shape index (κ3) is 1.63. The highest BCUT2D eigenvalue weighted by Gasteiger charge is 2.27. The Labute approximate surface area is 112 Å². The molecule has 1 aromatic carbocycles. The number of aromatic nitrogens is 1. The van der Waals surface area contributed by atoms with E-state index in [0.29, 0.717) is 5.92 Å². The van der Waals surface area contributed by atoms with Crippen LogP contribution in [0.25, 0.3) is 0 Å². The molecule has 0 amide bonds. The second kappa shape index (κ2) is 4.20. The SMILES string of the molecule is c1ccc2c(c1)CCC2c1nc2c(s1)CCCC2. The van der Waals surface area contributed by atoms with Gasteiger partial charge in [-0.3, -0.25) is 0 Å². The van der Waals surface area contributed by atoms with Gasteiger partial charge in [0.2, 0.25) is 0 Å². The van der Waals surface area contributed by atoms with Gasteiger partial charge in [-0.05, 0) is 49.7 Å². The van der Waals surface area contributed by atoms with Gasteiger partial charge in [-0.1, -0.05) is 24.3 Å². The molecule has 0 fully saturated rings. The van der Waals surface area contributed by atoms with E-state index in [1.54, 1.807) is 4.88 Å². The molecule has 1 atom stereocenters. The summed E-state index contributed by atoms with van der Waals surface area (Å²) in [6.07, 6.45) is 7.64. The summed E-state index contributed by atoms with van der Waals surface area (Å²) in [6.45, 7) is 0. The van der Waals surface area contributed by atoms with E-state index in [9.17, 15) is 0 Å². The molecule has 0 N–H and O–H groups in total. The molecule has 2 aliphatic rings. The number of hydrogen-bond donors (Lipinski definition) is 0. The lowest BCUT2D eigenvalue weighted by molar-refractivity contribution is 0.677. The first-order valence-electron chi connectivity index (χ1n) is 6.98. The maximum Gasteiger partial charge on any atom is 0.101 e. The fourth-order valence-corrected chi connectivity index (χ4v) is 4.64. The van der Waals surface area contributed by atoms with E-state index in [-0.39, 0.29) is 0 Å². The van der Waals surface area contributed by atoms with E-state index in [1.807, 2.05) is 11.3 Å². The van der Waals surface area contributed by atoms with Crippen molar-refractivity contribution in [3.63, 3.8) is 0 Å². The summed E-state index contributed by atoms with van der Waals surface area (Å²) in [6, 6.07) is 8.91. The summed E-state index contributed by atoms with van der Waals surface area (Å²) in [5, 5.41) is 1.38. The summed E-state index contributed by atoms with van der Waals surface area (Å²) < 4.78 is 0. The number of rotatable bonds is 1. The van der Waals surface area contributed by atoms with Crippen molar-refractivity contribution in [2.75, 3.05) is 0 Å². The highest BCUT2D eigenvalue weighted by atomic mass is 32.1. The quantitative estimate of drug-likeness (QED) is 0.747. The lowest BCUT2D eigenvalue weighted by atomic mass is 10.0. The first-order chi connectivity index (χ1) is 8.92. The average molecular weight is 255 g/mol. The van der Waals surface area contributed by atoms with E-state index in [1.165, 1.54) is 60.4 Å². The summed E-state index contributed by atoms with van der Waals surface area (Å²) in [5.74, 6) is 0.580. The highest BCUT2D eigenvalue weighted by Crippen LogP contribution is 2.41. The van der Waals surface area contributed by atoms with Crippen molar-refractivity contribution >= 4 is 11.3 Å². The van der Waals surface area contributed by atoms with Gasteiger partial charge < -0.3 is 0 Å². The van der Waals surface area contributed by atoms with Crippen molar-refractivity contribution in [2.45, 2.75) is 44.4 Å². The van der Waals surface area contributed by atoms with Crippen LogP contribution in [0.3, 0.4) is 0 Å². The number of aryl methyl sites for hydroxylation is 3. The number of hydrogen-bond acceptors (Lipinski definition) is 2. The Bertz CT molecular complexity index is 561. The van der Waals surface area contributed by atoms with Gasteiger partial charge in [-0.2, -0.15) is 0 Å². The summed E-state index contributed by atoms with van der Waals surface area (Å²) in [5.41, 5.74) is 4.48. The first kappa shape index (κ1) is 10.7. The molecule has 0 aliphatic heterocycles. The van der Waals surface area contributed by atoms with Crippen LogP contribution in [-0.2, 0) is 19.3 Å². The zero-order chi connectivity index (χ0) is 11.9. The van der Waals surface area contributed by atoms with Crippen LogP contribution >= 0.6 is 11.3 Å².